The second-order valence-corrected chi connectivity index (χ2v) is 10.0. The number of benzene rings is 1. The van der Waals surface area contributed by atoms with Gasteiger partial charge in [0.25, 0.3) is 0 Å². The van der Waals surface area contributed by atoms with Crippen LogP contribution in [0.25, 0.3) is 11.2 Å². The number of pyridine rings is 1. The smallest absolute Gasteiger partial charge is 0.331 e. The van der Waals surface area contributed by atoms with Crippen molar-refractivity contribution >= 4 is 43.1 Å². The average Bonchev–Trinajstić information content (AvgIpc) is 2.99. The summed E-state index contributed by atoms with van der Waals surface area (Å²) in [5, 5.41) is 9.15. The van der Waals surface area contributed by atoms with Gasteiger partial charge < -0.3 is 5.11 Å². The molecule has 0 saturated carbocycles. The highest BCUT2D eigenvalue weighted by Crippen LogP contribution is 2.29. The number of aromatic nitrogens is 3. The van der Waals surface area contributed by atoms with Crippen LogP contribution in [0.2, 0.25) is 0 Å². The van der Waals surface area contributed by atoms with Crippen molar-refractivity contribution in [3.8, 4) is 0 Å². The van der Waals surface area contributed by atoms with Gasteiger partial charge in [-0.3, -0.25) is 13.9 Å². The fraction of sp³-hybridized carbons (Fsp3) is 0.316. The number of carboxylic acid groups (broad SMARTS) is 1. The summed E-state index contributed by atoms with van der Waals surface area (Å²) in [4.78, 5) is 28.0. The summed E-state index contributed by atoms with van der Waals surface area (Å²) in [6.07, 6.45) is 2.12. The highest BCUT2D eigenvalue weighted by atomic mass is 79.9. The van der Waals surface area contributed by atoms with Crippen LogP contribution >= 0.6 is 15.9 Å². The van der Waals surface area contributed by atoms with Crippen molar-refractivity contribution < 1.29 is 22.7 Å². The molecule has 1 aromatic carbocycles. The van der Waals surface area contributed by atoms with Crippen LogP contribution in [0.1, 0.15) is 18.9 Å². The Labute approximate surface area is 184 Å². The maximum atomic E-state index is 14.2. The van der Waals surface area contributed by atoms with E-state index in [1.807, 2.05) is 0 Å². The largest absolute Gasteiger partial charge is 0.480 e. The van der Waals surface area contributed by atoms with E-state index in [4.69, 9.17) is 5.11 Å². The number of hydrogen-bond donors (Lipinski definition) is 1. The van der Waals surface area contributed by atoms with Crippen LogP contribution in [-0.2, 0) is 21.4 Å². The van der Waals surface area contributed by atoms with E-state index < -0.39 is 38.9 Å². The van der Waals surface area contributed by atoms with Gasteiger partial charge in [0.15, 0.2) is 5.65 Å². The van der Waals surface area contributed by atoms with Crippen LogP contribution in [0.3, 0.4) is 0 Å². The van der Waals surface area contributed by atoms with Crippen LogP contribution in [0, 0.1) is 5.82 Å². The summed E-state index contributed by atoms with van der Waals surface area (Å²) in [5.74, 6) is -1.99. The number of rotatable bonds is 5. The van der Waals surface area contributed by atoms with Crippen LogP contribution < -0.4 is 5.69 Å². The van der Waals surface area contributed by atoms with Gasteiger partial charge >= 0.3 is 11.7 Å². The number of imidazole rings is 1. The summed E-state index contributed by atoms with van der Waals surface area (Å²) in [7, 11) is -4.03. The molecule has 0 atom stereocenters. The lowest BCUT2D eigenvalue weighted by atomic mass is 10.1. The number of fused-ring (bicyclic) bond motifs is 1. The highest BCUT2D eigenvalue weighted by Gasteiger charge is 2.33. The standard InChI is InChI=1S/C19H18BrFN4O5S/c20-12-3-4-16(14(21)10-12)31(29,30)23-8-5-13(6-9-23)25-18-15(2-1-7-22-18)24(19(25)28)11-17(26)27/h1-4,7,10,13H,5-6,8-9,11H2,(H,26,27). The monoisotopic (exact) mass is 512 g/mol. The Morgan fingerprint density at radius 2 is 1.97 bits per heavy atom. The first-order chi connectivity index (χ1) is 14.7. The molecule has 164 valence electrons. The van der Waals surface area contributed by atoms with Gasteiger partial charge in [0, 0.05) is 29.8 Å². The Bertz CT molecular complexity index is 1330. The van der Waals surface area contributed by atoms with Crippen LogP contribution in [0.4, 0.5) is 4.39 Å². The fourth-order valence-electron chi connectivity index (χ4n) is 3.89. The molecule has 1 N–H and O–H groups in total. The van der Waals surface area contributed by atoms with Crippen molar-refractivity contribution in [1.82, 2.24) is 18.4 Å². The molecule has 31 heavy (non-hydrogen) atoms. The average molecular weight is 513 g/mol. The quantitative estimate of drug-likeness (QED) is 0.560. The predicted octanol–water partition coefficient (Wildman–Crippen LogP) is 2.21. The number of carbonyl (C=O) groups is 1. The number of piperidine rings is 1. The molecule has 9 nitrogen and oxygen atoms in total. The normalized spacial score (nSPS) is 16.1. The molecule has 12 heteroatoms. The van der Waals surface area contributed by atoms with Crippen LogP contribution in [-0.4, -0.2) is 51.0 Å². The van der Waals surface area contributed by atoms with Gasteiger partial charge in [-0.15, -0.1) is 0 Å². The van der Waals surface area contributed by atoms with Gasteiger partial charge in [0.2, 0.25) is 10.0 Å². The van der Waals surface area contributed by atoms with Gasteiger partial charge in [0.1, 0.15) is 17.3 Å². The zero-order chi connectivity index (χ0) is 22.3. The first kappa shape index (κ1) is 21.7. The number of carboxylic acids is 1. The minimum atomic E-state index is -4.03. The van der Waals surface area contributed by atoms with Crippen molar-refractivity contribution in [1.29, 1.82) is 0 Å². The van der Waals surface area contributed by atoms with E-state index in [1.54, 1.807) is 12.1 Å². The molecule has 1 aliphatic rings. The molecule has 3 heterocycles. The van der Waals surface area contributed by atoms with Crippen molar-refractivity contribution in [2.45, 2.75) is 30.3 Å². The Kier molecular flexibility index (Phi) is 5.71. The Morgan fingerprint density at radius 3 is 2.61 bits per heavy atom. The van der Waals surface area contributed by atoms with E-state index in [-0.39, 0.29) is 19.1 Å². The third-order valence-electron chi connectivity index (χ3n) is 5.32. The highest BCUT2D eigenvalue weighted by molar-refractivity contribution is 9.10. The molecule has 1 fully saturated rings. The van der Waals surface area contributed by atoms with Crippen molar-refractivity contribution in [3.63, 3.8) is 0 Å². The van der Waals surface area contributed by atoms with E-state index in [0.29, 0.717) is 28.5 Å². The molecule has 3 aromatic rings. The molecular formula is C19H18BrFN4O5S. The number of hydrogen-bond acceptors (Lipinski definition) is 5. The van der Waals surface area contributed by atoms with Crippen molar-refractivity contribution in [2.75, 3.05) is 13.1 Å². The molecule has 0 spiro atoms. The van der Waals surface area contributed by atoms with Crippen molar-refractivity contribution in [3.05, 3.63) is 57.3 Å². The van der Waals surface area contributed by atoms with Gasteiger partial charge in [-0.25, -0.2) is 22.6 Å². The maximum absolute atomic E-state index is 14.2. The Hall–Kier alpha value is -2.57. The number of sulfonamides is 1. The van der Waals surface area contributed by atoms with Gasteiger partial charge in [0.05, 0.1) is 5.52 Å². The molecule has 0 radical (unpaired) electrons. The molecule has 4 rings (SSSR count). The summed E-state index contributed by atoms with van der Waals surface area (Å²) in [6.45, 7) is -0.315. The fourth-order valence-corrected chi connectivity index (χ4v) is 5.74. The zero-order valence-electron chi connectivity index (χ0n) is 16.1. The van der Waals surface area contributed by atoms with Crippen LogP contribution in [0.5, 0.6) is 0 Å². The number of aliphatic carboxylic acids is 1. The molecule has 2 aromatic heterocycles. The molecule has 0 unspecified atom stereocenters. The summed E-state index contributed by atoms with van der Waals surface area (Å²) >= 11 is 3.11. The van der Waals surface area contributed by atoms with E-state index in [2.05, 4.69) is 20.9 Å². The van der Waals surface area contributed by atoms with Crippen molar-refractivity contribution in [2.24, 2.45) is 0 Å². The molecule has 1 saturated heterocycles. The first-order valence-corrected chi connectivity index (χ1v) is 11.7. The molecule has 0 aliphatic carbocycles. The zero-order valence-corrected chi connectivity index (χ0v) is 18.5. The molecule has 0 bridgehead atoms. The van der Waals surface area contributed by atoms with Crippen LogP contribution in [0.15, 0.2) is 50.7 Å². The number of nitrogens with zero attached hydrogens (tertiary/aromatic N) is 4. The minimum absolute atomic E-state index is 0.0907. The summed E-state index contributed by atoms with van der Waals surface area (Å²) < 4.78 is 44.2. The SMILES string of the molecule is O=C(O)Cn1c(=O)n(C2CCN(S(=O)(=O)c3ccc(Br)cc3F)CC2)c2ncccc21. The summed E-state index contributed by atoms with van der Waals surface area (Å²) in [5.41, 5.74) is 0.257. The Balaban J connectivity index is 1.62. The predicted molar refractivity (Wildman–Crippen MR) is 113 cm³/mol. The van der Waals surface area contributed by atoms with E-state index in [9.17, 15) is 22.4 Å². The second-order valence-electron chi connectivity index (χ2n) is 7.19. The topological polar surface area (TPSA) is 114 Å². The number of halogens is 2. The molecular weight excluding hydrogens is 495 g/mol. The second kappa shape index (κ2) is 8.17. The van der Waals surface area contributed by atoms with E-state index in [1.165, 1.54) is 27.2 Å². The third kappa shape index (κ3) is 3.90. The maximum Gasteiger partial charge on any atom is 0.331 e. The molecule has 1 aliphatic heterocycles. The van der Waals surface area contributed by atoms with E-state index >= 15 is 0 Å². The third-order valence-corrected chi connectivity index (χ3v) is 7.74. The molecule has 0 amide bonds. The first-order valence-electron chi connectivity index (χ1n) is 9.43. The lowest BCUT2D eigenvalue weighted by molar-refractivity contribution is -0.137. The lowest BCUT2D eigenvalue weighted by Crippen LogP contribution is -2.41. The van der Waals surface area contributed by atoms with Gasteiger partial charge in [-0.05, 0) is 43.2 Å². The van der Waals surface area contributed by atoms with E-state index in [0.717, 1.165) is 10.6 Å². The van der Waals surface area contributed by atoms with Gasteiger partial charge in [-0.2, -0.15) is 4.31 Å². The Morgan fingerprint density at radius 1 is 1.26 bits per heavy atom. The minimum Gasteiger partial charge on any atom is -0.480 e. The van der Waals surface area contributed by atoms with Gasteiger partial charge in [-0.1, -0.05) is 15.9 Å². The lowest BCUT2D eigenvalue weighted by Gasteiger charge is -2.31. The summed E-state index contributed by atoms with van der Waals surface area (Å²) in [6, 6.07) is 6.66.